The third kappa shape index (κ3) is 8.60. The molecule has 0 unspecified atom stereocenters. The highest BCUT2D eigenvalue weighted by Crippen LogP contribution is 2.30. The standard InChI is InChI=1S/C33H31FN6O3S.C2H6.CH4O/c1-21-30(44-20-36-21)17-40-29-15-24(33(41)42-2)8-9-28(29)37-31(40)18-39-12-10-23(11-13-39)27-4-3-5-32(38-27)43-19-25-7-6-22(16-35)14-26(25)34;2*1-2/h3-9,14-15,20,23H,10-13,17-19H2,1-2H3;1-2H3;2H,1H3. The smallest absolute Gasteiger partial charge is 0.337 e. The van der Waals surface area contributed by atoms with Gasteiger partial charge in [-0.1, -0.05) is 26.0 Å². The first-order chi connectivity index (χ1) is 23.4. The number of piperidine rings is 1. The van der Waals surface area contributed by atoms with Crippen molar-refractivity contribution in [1.82, 2.24) is 24.4 Å². The van der Waals surface area contributed by atoms with Gasteiger partial charge in [0.25, 0.3) is 0 Å². The van der Waals surface area contributed by atoms with E-state index >= 15 is 0 Å². The van der Waals surface area contributed by atoms with Crippen LogP contribution in [-0.4, -0.2) is 62.8 Å². The first-order valence-electron chi connectivity index (χ1n) is 15.8. The van der Waals surface area contributed by atoms with E-state index in [1.54, 1.807) is 35.6 Å². The Kier molecular flexibility index (Phi) is 13.1. The van der Waals surface area contributed by atoms with Crippen LogP contribution in [-0.2, 0) is 24.4 Å². The van der Waals surface area contributed by atoms with Crippen molar-refractivity contribution < 1.29 is 23.8 Å². The monoisotopic (exact) mass is 672 g/mol. The zero-order chi connectivity index (χ0) is 34.6. The van der Waals surface area contributed by atoms with Gasteiger partial charge >= 0.3 is 5.97 Å². The van der Waals surface area contributed by atoms with Crippen molar-refractivity contribution in [1.29, 1.82) is 5.26 Å². The molecule has 2 aromatic carbocycles. The molecule has 0 saturated carbocycles. The summed E-state index contributed by atoms with van der Waals surface area (Å²) in [4.78, 5) is 30.0. The number of esters is 1. The zero-order valence-electron chi connectivity index (χ0n) is 27.9. The molecule has 1 fully saturated rings. The molecule has 3 aromatic heterocycles. The summed E-state index contributed by atoms with van der Waals surface area (Å²) in [5.74, 6) is 0.834. The molecule has 10 nitrogen and oxygen atoms in total. The predicted octanol–water partition coefficient (Wildman–Crippen LogP) is 6.64. The first kappa shape index (κ1) is 36.1. The minimum atomic E-state index is -0.466. The summed E-state index contributed by atoms with van der Waals surface area (Å²) in [5.41, 5.74) is 6.70. The Hall–Kier alpha value is -4.70. The summed E-state index contributed by atoms with van der Waals surface area (Å²) in [6.45, 7) is 9.12. The molecule has 5 aromatic rings. The minimum Gasteiger partial charge on any atom is -0.473 e. The van der Waals surface area contributed by atoms with Crippen LogP contribution in [0.1, 0.15) is 76.2 Å². The summed E-state index contributed by atoms with van der Waals surface area (Å²) in [7, 11) is 2.39. The van der Waals surface area contributed by atoms with Gasteiger partial charge < -0.3 is 19.1 Å². The van der Waals surface area contributed by atoms with Crippen LogP contribution < -0.4 is 4.74 Å². The van der Waals surface area contributed by atoms with Crippen LogP contribution in [0.3, 0.4) is 0 Å². The third-order valence-corrected chi connectivity index (χ3v) is 8.99. The van der Waals surface area contributed by atoms with Crippen molar-refractivity contribution in [3.8, 4) is 11.9 Å². The molecule has 0 aliphatic carbocycles. The van der Waals surface area contributed by atoms with Crippen molar-refractivity contribution in [2.24, 2.45) is 0 Å². The number of rotatable bonds is 9. The van der Waals surface area contributed by atoms with Crippen LogP contribution >= 0.6 is 11.3 Å². The van der Waals surface area contributed by atoms with Gasteiger partial charge in [0.15, 0.2) is 0 Å². The fraction of sp³-hybridized carbons (Fsp3) is 0.361. The number of aliphatic hydroxyl groups is 1. The van der Waals surface area contributed by atoms with Gasteiger partial charge in [0.05, 0.1) is 59.6 Å². The molecule has 4 heterocycles. The van der Waals surface area contributed by atoms with E-state index in [0.717, 1.165) is 66.2 Å². The Morgan fingerprint density at radius 2 is 1.85 bits per heavy atom. The van der Waals surface area contributed by atoms with Crippen molar-refractivity contribution in [3.05, 3.63) is 105 Å². The predicted molar refractivity (Wildman–Crippen MR) is 183 cm³/mol. The number of methoxy groups -OCH3 is 1. The Balaban J connectivity index is 0.00000125. The molecule has 1 N–H and O–H groups in total. The number of thiazole rings is 1. The quantitative estimate of drug-likeness (QED) is 0.172. The van der Waals surface area contributed by atoms with Gasteiger partial charge in [-0.2, -0.15) is 5.26 Å². The number of nitrogens with zero attached hydrogens (tertiary/aromatic N) is 6. The maximum atomic E-state index is 14.3. The molecular formula is C36H41FN6O4S. The lowest BCUT2D eigenvalue weighted by Crippen LogP contribution is -2.33. The number of ether oxygens (including phenoxy) is 2. The number of carbonyl (C=O) groups excluding carboxylic acids is 1. The number of benzene rings is 2. The normalized spacial score (nSPS) is 13.1. The zero-order valence-corrected chi connectivity index (χ0v) is 28.8. The highest BCUT2D eigenvalue weighted by atomic mass is 32.1. The number of nitriles is 1. The molecular weight excluding hydrogens is 631 g/mol. The van der Waals surface area contributed by atoms with Gasteiger partial charge in [0.2, 0.25) is 5.88 Å². The second-order valence-electron chi connectivity index (χ2n) is 10.8. The van der Waals surface area contributed by atoms with Crippen LogP contribution in [0.2, 0.25) is 0 Å². The van der Waals surface area contributed by atoms with Crippen molar-refractivity contribution in [3.63, 3.8) is 0 Å². The molecule has 0 radical (unpaired) electrons. The molecule has 1 aliphatic rings. The van der Waals surface area contributed by atoms with Crippen molar-refractivity contribution in [2.75, 3.05) is 27.3 Å². The molecule has 0 amide bonds. The van der Waals surface area contributed by atoms with E-state index in [1.165, 1.54) is 13.2 Å². The van der Waals surface area contributed by atoms with Crippen LogP contribution in [0.15, 0.2) is 60.1 Å². The lowest BCUT2D eigenvalue weighted by molar-refractivity contribution is 0.0601. The maximum Gasteiger partial charge on any atom is 0.337 e. The third-order valence-electron chi connectivity index (χ3n) is 8.07. The number of aliphatic hydroxyl groups excluding tert-OH is 1. The summed E-state index contributed by atoms with van der Waals surface area (Å²) < 4.78 is 27.2. The largest absolute Gasteiger partial charge is 0.473 e. The van der Waals surface area contributed by atoms with Crippen LogP contribution in [0, 0.1) is 24.1 Å². The second kappa shape index (κ2) is 17.5. The summed E-state index contributed by atoms with van der Waals surface area (Å²) >= 11 is 1.62. The number of hydrogen-bond acceptors (Lipinski definition) is 10. The number of carbonyl (C=O) groups is 1. The van der Waals surface area contributed by atoms with E-state index in [-0.39, 0.29) is 24.1 Å². The van der Waals surface area contributed by atoms with Crippen molar-refractivity contribution in [2.45, 2.75) is 59.2 Å². The Bertz CT molecular complexity index is 1860. The van der Waals surface area contributed by atoms with Gasteiger partial charge in [-0.3, -0.25) is 4.90 Å². The average Bonchev–Trinajstić information content (AvgIpc) is 3.70. The van der Waals surface area contributed by atoms with Crippen LogP contribution in [0.5, 0.6) is 5.88 Å². The van der Waals surface area contributed by atoms with Gasteiger partial charge in [-0.25, -0.2) is 24.1 Å². The molecule has 0 atom stereocenters. The first-order valence-corrected chi connectivity index (χ1v) is 16.7. The molecule has 1 saturated heterocycles. The fourth-order valence-corrected chi connectivity index (χ4v) is 6.31. The number of likely N-dealkylation sites (tertiary alicyclic amines) is 1. The lowest BCUT2D eigenvalue weighted by Gasteiger charge is -2.31. The molecule has 1 aliphatic heterocycles. The van der Waals surface area contributed by atoms with Gasteiger partial charge in [-0.15, -0.1) is 11.3 Å². The molecule has 48 heavy (non-hydrogen) atoms. The van der Waals surface area contributed by atoms with E-state index in [0.29, 0.717) is 30.1 Å². The van der Waals surface area contributed by atoms with E-state index in [9.17, 15) is 9.18 Å². The number of imidazole rings is 1. The van der Waals surface area contributed by atoms with Gasteiger partial charge in [0, 0.05) is 35.2 Å². The minimum absolute atomic E-state index is 0.0373. The van der Waals surface area contributed by atoms with Gasteiger partial charge in [0.1, 0.15) is 18.2 Å². The Morgan fingerprint density at radius 3 is 2.52 bits per heavy atom. The SMILES string of the molecule is CC.CO.COC(=O)c1ccc2nc(CN3CCC(c4cccc(OCc5ccc(C#N)cc5F)n4)CC3)n(Cc3scnc3C)c2c1. The summed E-state index contributed by atoms with van der Waals surface area (Å²) in [6, 6.07) is 17.5. The number of aromatic nitrogens is 4. The Labute approximate surface area is 284 Å². The second-order valence-corrected chi connectivity index (χ2v) is 11.8. The average molecular weight is 673 g/mol. The van der Waals surface area contributed by atoms with E-state index in [4.69, 9.17) is 29.8 Å². The molecule has 12 heteroatoms. The molecule has 252 valence electrons. The van der Waals surface area contributed by atoms with Gasteiger partial charge in [-0.05, 0) is 69.3 Å². The van der Waals surface area contributed by atoms with Crippen LogP contribution in [0.4, 0.5) is 4.39 Å². The van der Waals surface area contributed by atoms with Crippen LogP contribution in [0.25, 0.3) is 11.0 Å². The van der Waals surface area contributed by atoms with E-state index in [1.807, 2.05) is 56.6 Å². The molecule has 0 bridgehead atoms. The number of aryl methyl sites for hydroxylation is 1. The Morgan fingerprint density at radius 1 is 1.08 bits per heavy atom. The number of fused-ring (bicyclic) bond motifs is 1. The topological polar surface area (TPSA) is 126 Å². The highest BCUT2D eigenvalue weighted by molar-refractivity contribution is 7.09. The number of hydrogen-bond donors (Lipinski definition) is 1. The fourth-order valence-electron chi connectivity index (χ4n) is 5.55. The number of pyridine rings is 1. The highest BCUT2D eigenvalue weighted by Gasteiger charge is 2.24. The van der Waals surface area contributed by atoms with Crippen molar-refractivity contribution >= 4 is 28.3 Å². The maximum absolute atomic E-state index is 14.3. The summed E-state index contributed by atoms with van der Waals surface area (Å²) in [5, 5.41) is 16.0. The molecule has 6 rings (SSSR count). The number of halogens is 1. The van der Waals surface area contributed by atoms with E-state index < -0.39 is 5.82 Å². The molecule has 0 spiro atoms. The lowest BCUT2D eigenvalue weighted by atomic mass is 9.93. The summed E-state index contributed by atoms with van der Waals surface area (Å²) in [6.07, 6.45) is 1.86. The van der Waals surface area contributed by atoms with E-state index in [2.05, 4.69) is 14.5 Å².